The van der Waals surface area contributed by atoms with E-state index in [-0.39, 0.29) is 6.10 Å². The molecule has 2 N–H and O–H groups in total. The number of hydrogen-bond acceptors (Lipinski definition) is 3. The SMILES string of the molecule is COC(C)CN(C)c1cccc(N)c1. The van der Waals surface area contributed by atoms with Crippen molar-refractivity contribution in [2.45, 2.75) is 13.0 Å². The zero-order valence-electron chi connectivity index (χ0n) is 9.03. The number of hydrogen-bond donors (Lipinski definition) is 1. The molecule has 1 aromatic carbocycles. The summed E-state index contributed by atoms with van der Waals surface area (Å²) in [5, 5.41) is 0. The normalized spacial score (nSPS) is 12.5. The van der Waals surface area contributed by atoms with E-state index < -0.39 is 0 Å². The van der Waals surface area contributed by atoms with E-state index in [0.29, 0.717) is 0 Å². The summed E-state index contributed by atoms with van der Waals surface area (Å²) in [6.45, 7) is 2.91. The molecule has 0 aromatic heterocycles. The fourth-order valence-electron chi connectivity index (χ4n) is 1.33. The predicted molar refractivity (Wildman–Crippen MR) is 60.6 cm³/mol. The van der Waals surface area contributed by atoms with Crippen molar-refractivity contribution >= 4 is 11.4 Å². The molecule has 0 fully saturated rings. The first-order valence-corrected chi connectivity index (χ1v) is 4.73. The van der Waals surface area contributed by atoms with Crippen molar-refractivity contribution in [2.24, 2.45) is 0 Å². The van der Waals surface area contributed by atoms with Crippen LogP contribution < -0.4 is 10.6 Å². The van der Waals surface area contributed by atoms with Gasteiger partial charge < -0.3 is 15.4 Å². The Morgan fingerprint density at radius 1 is 1.50 bits per heavy atom. The standard InChI is InChI=1S/C11H18N2O/c1-9(14-3)8-13(2)11-6-4-5-10(12)7-11/h4-7,9H,8,12H2,1-3H3. The number of anilines is 2. The first-order chi connectivity index (χ1) is 6.63. The van der Waals surface area contributed by atoms with Gasteiger partial charge in [0.2, 0.25) is 0 Å². The number of benzene rings is 1. The Morgan fingerprint density at radius 2 is 2.21 bits per heavy atom. The molecular weight excluding hydrogens is 176 g/mol. The van der Waals surface area contributed by atoms with Gasteiger partial charge in [0.15, 0.2) is 0 Å². The molecule has 0 radical (unpaired) electrons. The van der Waals surface area contributed by atoms with Crippen LogP contribution in [0.15, 0.2) is 24.3 Å². The quantitative estimate of drug-likeness (QED) is 0.742. The maximum Gasteiger partial charge on any atom is 0.0717 e. The summed E-state index contributed by atoms with van der Waals surface area (Å²) in [5.74, 6) is 0. The summed E-state index contributed by atoms with van der Waals surface area (Å²) in [5.41, 5.74) is 7.61. The Morgan fingerprint density at radius 3 is 2.79 bits per heavy atom. The molecule has 1 unspecified atom stereocenters. The van der Waals surface area contributed by atoms with Crippen LogP contribution in [0, 0.1) is 0 Å². The lowest BCUT2D eigenvalue weighted by Gasteiger charge is -2.22. The fraction of sp³-hybridized carbons (Fsp3) is 0.455. The summed E-state index contributed by atoms with van der Waals surface area (Å²) in [4.78, 5) is 2.13. The maximum atomic E-state index is 5.70. The van der Waals surface area contributed by atoms with Gasteiger partial charge in [-0.25, -0.2) is 0 Å². The lowest BCUT2D eigenvalue weighted by molar-refractivity contribution is 0.124. The van der Waals surface area contributed by atoms with Crippen LogP contribution in [-0.4, -0.2) is 26.8 Å². The van der Waals surface area contributed by atoms with Crippen molar-refractivity contribution in [2.75, 3.05) is 31.3 Å². The molecule has 0 amide bonds. The van der Waals surface area contributed by atoms with Gasteiger partial charge in [0.1, 0.15) is 0 Å². The molecule has 0 saturated heterocycles. The van der Waals surface area contributed by atoms with E-state index in [2.05, 4.69) is 4.90 Å². The van der Waals surface area contributed by atoms with E-state index in [0.717, 1.165) is 17.9 Å². The second-order valence-electron chi connectivity index (χ2n) is 3.52. The molecule has 14 heavy (non-hydrogen) atoms. The van der Waals surface area contributed by atoms with Crippen LogP contribution in [0.2, 0.25) is 0 Å². The van der Waals surface area contributed by atoms with E-state index in [1.165, 1.54) is 0 Å². The minimum Gasteiger partial charge on any atom is -0.399 e. The Hall–Kier alpha value is -1.22. The van der Waals surface area contributed by atoms with Crippen molar-refractivity contribution < 1.29 is 4.74 Å². The average Bonchev–Trinajstić information content (AvgIpc) is 2.17. The van der Waals surface area contributed by atoms with Crippen molar-refractivity contribution in [3.05, 3.63) is 24.3 Å². The summed E-state index contributed by atoms with van der Waals surface area (Å²) in [7, 11) is 3.75. The fourth-order valence-corrected chi connectivity index (χ4v) is 1.33. The molecular formula is C11H18N2O. The molecule has 1 rings (SSSR count). The smallest absolute Gasteiger partial charge is 0.0717 e. The number of nitrogen functional groups attached to an aromatic ring is 1. The highest BCUT2D eigenvalue weighted by molar-refractivity contribution is 5.55. The Kier molecular flexibility index (Phi) is 3.77. The monoisotopic (exact) mass is 194 g/mol. The highest BCUT2D eigenvalue weighted by atomic mass is 16.5. The van der Waals surface area contributed by atoms with Gasteiger partial charge in [-0.2, -0.15) is 0 Å². The molecule has 0 bridgehead atoms. The predicted octanol–water partition coefficient (Wildman–Crippen LogP) is 1.74. The lowest BCUT2D eigenvalue weighted by Crippen LogP contribution is -2.28. The largest absolute Gasteiger partial charge is 0.399 e. The van der Waals surface area contributed by atoms with Crippen LogP contribution in [0.1, 0.15) is 6.92 Å². The summed E-state index contributed by atoms with van der Waals surface area (Å²) in [6, 6.07) is 7.84. The van der Waals surface area contributed by atoms with Crippen LogP contribution >= 0.6 is 0 Å². The molecule has 1 aromatic rings. The minimum atomic E-state index is 0.224. The van der Waals surface area contributed by atoms with Gasteiger partial charge in [0.25, 0.3) is 0 Å². The number of rotatable bonds is 4. The highest BCUT2D eigenvalue weighted by Gasteiger charge is 2.05. The van der Waals surface area contributed by atoms with Crippen LogP contribution in [0.3, 0.4) is 0 Å². The molecule has 0 aliphatic rings. The van der Waals surface area contributed by atoms with Gasteiger partial charge in [0, 0.05) is 32.1 Å². The Bertz CT molecular complexity index is 288. The number of likely N-dealkylation sites (N-methyl/N-ethyl adjacent to an activating group) is 1. The van der Waals surface area contributed by atoms with Gasteiger partial charge >= 0.3 is 0 Å². The van der Waals surface area contributed by atoms with Gasteiger partial charge in [-0.05, 0) is 25.1 Å². The molecule has 0 spiro atoms. The Balaban J connectivity index is 2.64. The third-order valence-electron chi connectivity index (χ3n) is 2.24. The van der Waals surface area contributed by atoms with Gasteiger partial charge in [0.05, 0.1) is 6.10 Å². The number of methoxy groups -OCH3 is 1. The first kappa shape index (κ1) is 10.9. The molecule has 1 atom stereocenters. The van der Waals surface area contributed by atoms with E-state index >= 15 is 0 Å². The van der Waals surface area contributed by atoms with Crippen molar-refractivity contribution in [1.82, 2.24) is 0 Å². The summed E-state index contributed by atoms with van der Waals surface area (Å²) >= 11 is 0. The van der Waals surface area contributed by atoms with Crippen molar-refractivity contribution in [3.8, 4) is 0 Å². The lowest BCUT2D eigenvalue weighted by atomic mass is 10.2. The molecule has 0 aliphatic heterocycles. The molecule has 3 heteroatoms. The molecule has 3 nitrogen and oxygen atoms in total. The van der Waals surface area contributed by atoms with Gasteiger partial charge in [-0.1, -0.05) is 6.07 Å². The zero-order chi connectivity index (χ0) is 10.6. The first-order valence-electron chi connectivity index (χ1n) is 4.73. The number of ether oxygens (including phenoxy) is 1. The minimum absolute atomic E-state index is 0.224. The summed E-state index contributed by atoms with van der Waals surface area (Å²) in [6.07, 6.45) is 0.224. The summed E-state index contributed by atoms with van der Waals surface area (Å²) < 4.78 is 5.20. The highest BCUT2D eigenvalue weighted by Crippen LogP contribution is 2.16. The van der Waals surface area contributed by atoms with E-state index in [4.69, 9.17) is 10.5 Å². The topological polar surface area (TPSA) is 38.5 Å². The van der Waals surface area contributed by atoms with Crippen LogP contribution in [-0.2, 0) is 4.74 Å². The molecule has 0 aliphatic carbocycles. The third-order valence-corrected chi connectivity index (χ3v) is 2.24. The van der Waals surface area contributed by atoms with Crippen molar-refractivity contribution in [3.63, 3.8) is 0 Å². The number of nitrogens with two attached hydrogens (primary N) is 1. The van der Waals surface area contributed by atoms with Gasteiger partial charge in [-0.15, -0.1) is 0 Å². The molecule has 0 heterocycles. The van der Waals surface area contributed by atoms with Crippen LogP contribution in [0.25, 0.3) is 0 Å². The molecule has 78 valence electrons. The average molecular weight is 194 g/mol. The van der Waals surface area contributed by atoms with Crippen molar-refractivity contribution in [1.29, 1.82) is 0 Å². The van der Waals surface area contributed by atoms with Crippen LogP contribution in [0.5, 0.6) is 0 Å². The Labute approximate surface area is 85.5 Å². The third kappa shape index (κ3) is 2.92. The number of nitrogens with zero attached hydrogens (tertiary/aromatic N) is 1. The van der Waals surface area contributed by atoms with E-state index in [9.17, 15) is 0 Å². The molecule has 0 saturated carbocycles. The zero-order valence-corrected chi connectivity index (χ0v) is 9.03. The second kappa shape index (κ2) is 4.86. The van der Waals surface area contributed by atoms with E-state index in [1.54, 1.807) is 7.11 Å². The van der Waals surface area contributed by atoms with E-state index in [1.807, 2.05) is 38.2 Å². The van der Waals surface area contributed by atoms with Crippen LogP contribution in [0.4, 0.5) is 11.4 Å². The maximum absolute atomic E-state index is 5.70. The van der Waals surface area contributed by atoms with Gasteiger partial charge in [-0.3, -0.25) is 0 Å². The second-order valence-corrected chi connectivity index (χ2v) is 3.52.